The molecule has 2 aromatic carbocycles. The summed E-state index contributed by atoms with van der Waals surface area (Å²) in [5.74, 6) is 4.40. The van der Waals surface area contributed by atoms with Crippen LogP contribution in [0.25, 0.3) is 33.3 Å². The number of rotatable bonds is 9. The van der Waals surface area contributed by atoms with Crippen molar-refractivity contribution in [2.24, 2.45) is 5.84 Å². The van der Waals surface area contributed by atoms with Crippen molar-refractivity contribution >= 4 is 22.8 Å². The van der Waals surface area contributed by atoms with Crippen LogP contribution in [0.5, 0.6) is 5.75 Å². The molecule has 5 N–H and O–H groups in total. The molecule has 2 heterocycles. The van der Waals surface area contributed by atoms with E-state index in [-0.39, 0.29) is 17.9 Å². The second-order valence-corrected chi connectivity index (χ2v) is 7.80. The number of benzene rings is 2. The Morgan fingerprint density at radius 2 is 1.60 bits per heavy atom. The molecule has 0 bridgehead atoms. The Kier molecular flexibility index (Phi) is 7.30. The van der Waals surface area contributed by atoms with E-state index in [2.05, 4.69) is 15.4 Å². The third kappa shape index (κ3) is 5.43. The molecule has 35 heavy (non-hydrogen) atoms. The molecular formula is C26H24N4O5. The van der Waals surface area contributed by atoms with Gasteiger partial charge in [0.15, 0.2) is 0 Å². The van der Waals surface area contributed by atoms with Gasteiger partial charge in [0.05, 0.1) is 23.4 Å². The first kappa shape index (κ1) is 23.8. The van der Waals surface area contributed by atoms with Crippen LogP contribution >= 0.6 is 0 Å². The number of unbranched alkanes of at least 4 members (excludes halogenated alkanes) is 1. The molecular weight excluding hydrogens is 448 g/mol. The molecule has 0 aliphatic carbocycles. The minimum atomic E-state index is -1.19. The number of carboxylic acids is 1. The summed E-state index contributed by atoms with van der Waals surface area (Å²) in [4.78, 5) is 32.2. The van der Waals surface area contributed by atoms with Gasteiger partial charge in [0.1, 0.15) is 11.4 Å². The van der Waals surface area contributed by atoms with Crippen molar-refractivity contribution in [1.82, 2.24) is 15.4 Å². The SMILES string of the molecule is NNC(=O)c1cc(-c2ccc(-c3ccc(OCCCCO)cc3)cc2)nc2cc(C(=O)O)ncc12. The Bertz CT molecular complexity index is 1360. The number of nitrogen functional groups attached to an aromatic ring is 1. The van der Waals surface area contributed by atoms with E-state index >= 15 is 0 Å². The van der Waals surface area contributed by atoms with Gasteiger partial charge in [0, 0.05) is 23.8 Å². The highest BCUT2D eigenvalue weighted by Gasteiger charge is 2.16. The van der Waals surface area contributed by atoms with Crippen LogP contribution in [0.3, 0.4) is 0 Å². The Morgan fingerprint density at radius 1 is 0.943 bits per heavy atom. The number of hydrogen-bond donors (Lipinski definition) is 4. The predicted molar refractivity (Wildman–Crippen MR) is 131 cm³/mol. The van der Waals surface area contributed by atoms with Gasteiger partial charge in [-0.1, -0.05) is 36.4 Å². The highest BCUT2D eigenvalue weighted by atomic mass is 16.5. The van der Waals surface area contributed by atoms with Gasteiger partial charge >= 0.3 is 5.97 Å². The van der Waals surface area contributed by atoms with Crippen LogP contribution in [0.1, 0.15) is 33.7 Å². The molecule has 0 unspecified atom stereocenters. The molecule has 0 fully saturated rings. The molecule has 178 valence electrons. The number of amides is 1. The van der Waals surface area contributed by atoms with Gasteiger partial charge in [-0.2, -0.15) is 0 Å². The molecule has 0 saturated carbocycles. The van der Waals surface area contributed by atoms with E-state index in [4.69, 9.17) is 15.7 Å². The first-order valence-corrected chi connectivity index (χ1v) is 11.0. The monoisotopic (exact) mass is 472 g/mol. The lowest BCUT2D eigenvalue weighted by molar-refractivity contribution is 0.0690. The van der Waals surface area contributed by atoms with Crippen molar-refractivity contribution in [3.63, 3.8) is 0 Å². The van der Waals surface area contributed by atoms with Crippen LogP contribution in [0.15, 0.2) is 66.9 Å². The maximum absolute atomic E-state index is 12.4. The highest BCUT2D eigenvalue weighted by Crippen LogP contribution is 2.28. The highest BCUT2D eigenvalue weighted by molar-refractivity contribution is 6.07. The summed E-state index contributed by atoms with van der Waals surface area (Å²) in [6.07, 6.45) is 2.82. The molecule has 1 amide bonds. The second kappa shape index (κ2) is 10.7. The third-order valence-corrected chi connectivity index (χ3v) is 5.48. The summed E-state index contributed by atoms with van der Waals surface area (Å²) in [5, 5.41) is 18.5. The average Bonchev–Trinajstić information content (AvgIpc) is 2.90. The Hall–Kier alpha value is -4.34. The van der Waals surface area contributed by atoms with Gasteiger partial charge in [0.25, 0.3) is 5.91 Å². The Balaban J connectivity index is 1.62. The fourth-order valence-electron chi connectivity index (χ4n) is 3.63. The summed E-state index contributed by atoms with van der Waals surface area (Å²) in [7, 11) is 0. The number of aromatic nitrogens is 2. The molecule has 9 heteroatoms. The maximum Gasteiger partial charge on any atom is 0.354 e. The zero-order chi connectivity index (χ0) is 24.8. The standard InChI is InChI=1S/C26H24N4O5/c27-30-25(32)20-13-22(29-23-14-24(26(33)34)28-15-21(20)23)18-5-3-16(4-6-18)17-7-9-19(10-8-17)35-12-2-1-11-31/h3-10,13-15,31H,1-2,11-12,27H2,(H,30,32)(H,33,34). The van der Waals surface area contributed by atoms with Crippen molar-refractivity contribution in [1.29, 1.82) is 0 Å². The van der Waals surface area contributed by atoms with E-state index in [1.165, 1.54) is 12.3 Å². The van der Waals surface area contributed by atoms with Gasteiger partial charge < -0.3 is 14.9 Å². The number of fused-ring (bicyclic) bond motifs is 1. The summed E-state index contributed by atoms with van der Waals surface area (Å²) in [6.45, 7) is 0.719. The largest absolute Gasteiger partial charge is 0.494 e. The normalized spacial score (nSPS) is 10.8. The number of aliphatic hydroxyl groups is 1. The van der Waals surface area contributed by atoms with Crippen molar-refractivity contribution in [2.45, 2.75) is 12.8 Å². The summed E-state index contributed by atoms with van der Waals surface area (Å²) >= 11 is 0. The van der Waals surface area contributed by atoms with Gasteiger partial charge in [0.2, 0.25) is 0 Å². The molecule has 0 spiro atoms. The third-order valence-electron chi connectivity index (χ3n) is 5.48. The van der Waals surface area contributed by atoms with E-state index in [1.54, 1.807) is 6.07 Å². The molecule has 0 saturated heterocycles. The lowest BCUT2D eigenvalue weighted by atomic mass is 10.0. The fraction of sp³-hybridized carbons (Fsp3) is 0.154. The fourth-order valence-corrected chi connectivity index (χ4v) is 3.63. The smallest absolute Gasteiger partial charge is 0.354 e. The summed E-state index contributed by atoms with van der Waals surface area (Å²) in [5.41, 5.74) is 5.75. The lowest BCUT2D eigenvalue weighted by Crippen LogP contribution is -2.30. The Morgan fingerprint density at radius 3 is 2.23 bits per heavy atom. The molecule has 0 atom stereocenters. The second-order valence-electron chi connectivity index (χ2n) is 7.80. The quantitative estimate of drug-likeness (QED) is 0.125. The molecule has 0 radical (unpaired) electrons. The topological polar surface area (TPSA) is 148 Å². The van der Waals surface area contributed by atoms with Crippen LogP contribution in [-0.2, 0) is 0 Å². The van der Waals surface area contributed by atoms with Gasteiger partial charge in [-0.05, 0) is 48.2 Å². The number of pyridine rings is 2. The minimum Gasteiger partial charge on any atom is -0.494 e. The van der Waals surface area contributed by atoms with Crippen LogP contribution in [0.4, 0.5) is 0 Å². The van der Waals surface area contributed by atoms with Gasteiger partial charge in [-0.25, -0.2) is 20.6 Å². The van der Waals surface area contributed by atoms with E-state index < -0.39 is 11.9 Å². The van der Waals surface area contributed by atoms with Crippen LogP contribution in [-0.4, -0.2) is 45.3 Å². The number of carbonyl (C=O) groups excluding carboxylic acids is 1. The lowest BCUT2D eigenvalue weighted by Gasteiger charge is -2.10. The molecule has 4 rings (SSSR count). The van der Waals surface area contributed by atoms with E-state index in [0.29, 0.717) is 29.6 Å². The number of nitrogens with zero attached hydrogens (tertiary/aromatic N) is 2. The van der Waals surface area contributed by atoms with E-state index in [1.807, 2.05) is 48.5 Å². The van der Waals surface area contributed by atoms with Crippen molar-refractivity contribution < 1.29 is 24.5 Å². The number of ether oxygens (including phenoxy) is 1. The van der Waals surface area contributed by atoms with Crippen molar-refractivity contribution in [3.05, 3.63) is 78.1 Å². The zero-order valence-electron chi connectivity index (χ0n) is 18.8. The average molecular weight is 473 g/mol. The number of hydrogen-bond acceptors (Lipinski definition) is 7. The number of aromatic carboxylic acids is 1. The maximum atomic E-state index is 12.4. The number of carboxylic acid groups (broad SMARTS) is 1. The van der Waals surface area contributed by atoms with Crippen LogP contribution < -0.4 is 16.0 Å². The number of aliphatic hydroxyl groups excluding tert-OH is 1. The number of nitrogens with one attached hydrogen (secondary N) is 1. The van der Waals surface area contributed by atoms with E-state index in [0.717, 1.165) is 28.9 Å². The van der Waals surface area contributed by atoms with Gasteiger partial charge in [-0.15, -0.1) is 0 Å². The van der Waals surface area contributed by atoms with Crippen molar-refractivity contribution in [2.75, 3.05) is 13.2 Å². The first-order chi connectivity index (χ1) is 17.0. The first-order valence-electron chi connectivity index (χ1n) is 11.0. The number of nitrogens with two attached hydrogens (primary N) is 1. The zero-order valence-corrected chi connectivity index (χ0v) is 18.8. The van der Waals surface area contributed by atoms with E-state index in [9.17, 15) is 14.7 Å². The molecule has 0 aliphatic heterocycles. The Labute approximate surface area is 201 Å². The molecule has 9 nitrogen and oxygen atoms in total. The minimum absolute atomic E-state index is 0.162. The molecule has 2 aromatic heterocycles. The van der Waals surface area contributed by atoms with Crippen LogP contribution in [0.2, 0.25) is 0 Å². The predicted octanol–water partition coefficient (Wildman–Crippen LogP) is 3.42. The summed E-state index contributed by atoms with van der Waals surface area (Å²) in [6, 6.07) is 18.3. The van der Waals surface area contributed by atoms with Crippen LogP contribution in [0, 0.1) is 0 Å². The van der Waals surface area contributed by atoms with Crippen molar-refractivity contribution in [3.8, 4) is 28.1 Å². The number of hydrazine groups is 1. The number of carbonyl (C=O) groups is 2. The summed E-state index contributed by atoms with van der Waals surface area (Å²) < 4.78 is 5.67. The molecule has 0 aliphatic rings. The molecule has 4 aromatic rings. The van der Waals surface area contributed by atoms with Gasteiger partial charge in [-0.3, -0.25) is 10.2 Å².